The Kier molecular flexibility index (Phi) is 8.36. The summed E-state index contributed by atoms with van der Waals surface area (Å²) >= 11 is 6.36. The van der Waals surface area contributed by atoms with Crippen LogP contribution in [0.1, 0.15) is 33.3 Å². The number of carbonyl (C=O) groups is 2. The zero-order chi connectivity index (χ0) is 28.8. The molecule has 0 saturated carbocycles. The lowest BCUT2D eigenvalue weighted by Gasteiger charge is -2.12. The van der Waals surface area contributed by atoms with Crippen molar-refractivity contribution in [2.24, 2.45) is 0 Å². The van der Waals surface area contributed by atoms with Gasteiger partial charge in [-0.3, -0.25) is 9.78 Å². The van der Waals surface area contributed by atoms with Gasteiger partial charge in [0.05, 0.1) is 22.9 Å². The summed E-state index contributed by atoms with van der Waals surface area (Å²) < 4.78 is 26.8. The van der Waals surface area contributed by atoms with E-state index in [4.69, 9.17) is 21.1 Å². The van der Waals surface area contributed by atoms with Crippen LogP contribution in [0.4, 0.5) is 10.2 Å². The van der Waals surface area contributed by atoms with Crippen molar-refractivity contribution in [3.05, 3.63) is 125 Å². The van der Waals surface area contributed by atoms with Crippen molar-refractivity contribution in [1.29, 1.82) is 0 Å². The van der Waals surface area contributed by atoms with Crippen LogP contribution >= 0.6 is 11.6 Å². The Hall–Kier alpha value is -5.02. The van der Waals surface area contributed by atoms with E-state index in [0.717, 1.165) is 5.56 Å². The fraction of sp³-hybridized carbons (Fsp3) is 0.0968. The summed E-state index contributed by atoms with van der Waals surface area (Å²) in [6.07, 6.45) is 1.46. The second-order valence-electron chi connectivity index (χ2n) is 8.80. The molecule has 206 valence electrons. The molecule has 0 aliphatic carbocycles. The van der Waals surface area contributed by atoms with Crippen molar-refractivity contribution in [1.82, 2.24) is 14.8 Å². The van der Waals surface area contributed by atoms with E-state index in [1.54, 1.807) is 37.3 Å². The first-order chi connectivity index (χ1) is 19.9. The summed E-state index contributed by atoms with van der Waals surface area (Å²) in [5.41, 5.74) is 2.06. The van der Waals surface area contributed by atoms with Crippen LogP contribution in [0.3, 0.4) is 0 Å². The average Bonchev–Trinajstić information content (AvgIpc) is 3.41. The number of nitrogens with zero attached hydrogens (tertiary/aromatic N) is 3. The van der Waals surface area contributed by atoms with E-state index < -0.39 is 17.7 Å². The van der Waals surface area contributed by atoms with Crippen molar-refractivity contribution >= 4 is 29.3 Å². The smallest absolute Gasteiger partial charge is 0.358 e. The minimum absolute atomic E-state index is 0.00633. The van der Waals surface area contributed by atoms with Gasteiger partial charge in [-0.15, -0.1) is 0 Å². The summed E-state index contributed by atoms with van der Waals surface area (Å²) in [4.78, 5) is 30.0. The molecule has 2 aromatic heterocycles. The Morgan fingerprint density at radius 3 is 2.59 bits per heavy atom. The number of halogens is 2. The van der Waals surface area contributed by atoms with Crippen LogP contribution in [0.25, 0.3) is 16.9 Å². The number of esters is 1. The van der Waals surface area contributed by atoms with Crippen LogP contribution in [0.15, 0.2) is 97.2 Å². The Labute approximate surface area is 240 Å². The quantitative estimate of drug-likeness (QED) is 0.197. The zero-order valence-electron chi connectivity index (χ0n) is 21.9. The summed E-state index contributed by atoms with van der Waals surface area (Å²) in [5, 5.41) is 7.30. The molecule has 5 aromatic rings. The molecule has 5 rings (SSSR count). The van der Waals surface area contributed by atoms with Gasteiger partial charge in [-0.25, -0.2) is 13.9 Å². The predicted molar refractivity (Wildman–Crippen MR) is 153 cm³/mol. The van der Waals surface area contributed by atoms with Gasteiger partial charge >= 0.3 is 5.97 Å². The number of nitrogens with one attached hydrogen (secondary N) is 1. The first kappa shape index (κ1) is 27.5. The molecule has 1 N–H and O–H groups in total. The molecule has 0 bridgehead atoms. The van der Waals surface area contributed by atoms with Gasteiger partial charge in [0, 0.05) is 23.9 Å². The van der Waals surface area contributed by atoms with Gasteiger partial charge in [0.1, 0.15) is 29.7 Å². The molecular formula is C31H24ClFN4O4. The minimum Gasteiger partial charge on any atom is -0.489 e. The summed E-state index contributed by atoms with van der Waals surface area (Å²) in [7, 11) is 0. The highest BCUT2D eigenvalue weighted by Gasteiger charge is 2.21. The Bertz CT molecular complexity index is 1710. The van der Waals surface area contributed by atoms with E-state index in [2.05, 4.69) is 15.4 Å². The number of anilines is 1. The highest BCUT2D eigenvalue weighted by molar-refractivity contribution is 6.34. The predicted octanol–water partition coefficient (Wildman–Crippen LogP) is 6.73. The number of pyridine rings is 1. The molecule has 3 aromatic carbocycles. The van der Waals surface area contributed by atoms with Gasteiger partial charge < -0.3 is 14.8 Å². The number of carbonyl (C=O) groups excluding carboxylic acids is 2. The lowest BCUT2D eigenvalue weighted by Crippen LogP contribution is -2.16. The monoisotopic (exact) mass is 570 g/mol. The molecule has 0 unspecified atom stereocenters. The number of hydrogen-bond acceptors (Lipinski definition) is 6. The van der Waals surface area contributed by atoms with Gasteiger partial charge in [0.15, 0.2) is 5.69 Å². The fourth-order valence-electron chi connectivity index (χ4n) is 4.05. The molecule has 0 atom stereocenters. The number of aromatic nitrogens is 3. The maximum absolute atomic E-state index is 14.4. The Morgan fingerprint density at radius 1 is 0.976 bits per heavy atom. The largest absolute Gasteiger partial charge is 0.489 e. The maximum Gasteiger partial charge on any atom is 0.358 e. The number of hydrogen-bond donors (Lipinski definition) is 1. The normalized spacial score (nSPS) is 10.7. The van der Waals surface area contributed by atoms with Gasteiger partial charge in [-0.1, -0.05) is 54.1 Å². The van der Waals surface area contributed by atoms with Crippen LogP contribution in [0.2, 0.25) is 5.02 Å². The van der Waals surface area contributed by atoms with Crippen molar-refractivity contribution in [2.45, 2.75) is 13.5 Å². The van der Waals surface area contributed by atoms with Gasteiger partial charge in [0.25, 0.3) is 5.91 Å². The lowest BCUT2D eigenvalue weighted by molar-refractivity contribution is 0.0518. The third kappa shape index (κ3) is 6.42. The highest BCUT2D eigenvalue weighted by Crippen LogP contribution is 2.28. The molecule has 0 radical (unpaired) electrons. The third-order valence-electron chi connectivity index (χ3n) is 5.99. The van der Waals surface area contributed by atoms with E-state index >= 15 is 0 Å². The Morgan fingerprint density at radius 2 is 1.80 bits per heavy atom. The molecule has 0 aliphatic rings. The Balaban J connectivity index is 1.46. The molecule has 0 fully saturated rings. The summed E-state index contributed by atoms with van der Waals surface area (Å²) in [6.45, 7) is 2.19. The standard InChI is InChI=1S/C31H24ClFN4O4/c1-2-40-31(39)27-18-28(35-30(38)24-16-21(13-14-25(24)32)29-26(33)12-7-15-34-29)37(36-27)22-10-6-11-23(17-22)41-19-20-8-4-3-5-9-20/h3-18H,2,19H2,1H3,(H,35,38). The summed E-state index contributed by atoms with van der Waals surface area (Å²) in [6, 6.07) is 25.5. The van der Waals surface area contributed by atoms with Crippen LogP contribution in [-0.2, 0) is 11.3 Å². The highest BCUT2D eigenvalue weighted by atomic mass is 35.5. The second-order valence-corrected chi connectivity index (χ2v) is 9.21. The summed E-state index contributed by atoms with van der Waals surface area (Å²) in [5.74, 6) is -1.04. The van der Waals surface area contributed by atoms with Crippen LogP contribution in [0.5, 0.6) is 5.75 Å². The first-order valence-corrected chi connectivity index (χ1v) is 13.1. The number of amides is 1. The van der Waals surface area contributed by atoms with Crippen LogP contribution in [-0.4, -0.2) is 33.2 Å². The SMILES string of the molecule is CCOC(=O)c1cc(NC(=O)c2cc(-c3ncccc3F)ccc2Cl)n(-c2cccc(OCc3ccccc3)c2)n1. The van der Waals surface area contributed by atoms with Gasteiger partial charge in [-0.2, -0.15) is 5.10 Å². The van der Waals surface area contributed by atoms with Crippen molar-refractivity contribution < 1.29 is 23.5 Å². The molecule has 2 heterocycles. The fourth-order valence-corrected chi connectivity index (χ4v) is 4.25. The zero-order valence-corrected chi connectivity index (χ0v) is 22.6. The van der Waals surface area contributed by atoms with Crippen molar-refractivity contribution in [3.8, 4) is 22.7 Å². The number of rotatable bonds is 9. The van der Waals surface area contributed by atoms with E-state index in [9.17, 15) is 14.0 Å². The van der Waals surface area contributed by atoms with Gasteiger partial charge in [0.2, 0.25) is 0 Å². The third-order valence-corrected chi connectivity index (χ3v) is 6.32. The molecule has 0 aliphatic heterocycles. The molecular weight excluding hydrogens is 547 g/mol. The molecule has 8 nitrogen and oxygen atoms in total. The first-order valence-electron chi connectivity index (χ1n) is 12.7. The lowest BCUT2D eigenvalue weighted by atomic mass is 10.1. The van der Waals surface area contributed by atoms with Crippen LogP contribution in [0, 0.1) is 5.82 Å². The van der Waals surface area contributed by atoms with E-state index in [0.29, 0.717) is 23.6 Å². The maximum atomic E-state index is 14.4. The van der Waals surface area contributed by atoms with E-state index in [1.807, 2.05) is 30.3 Å². The van der Waals surface area contributed by atoms with E-state index in [-0.39, 0.29) is 34.4 Å². The molecule has 1 amide bonds. The van der Waals surface area contributed by atoms with Gasteiger partial charge in [-0.05, 0) is 48.9 Å². The number of benzene rings is 3. The molecule has 41 heavy (non-hydrogen) atoms. The minimum atomic E-state index is -0.649. The second kappa shape index (κ2) is 12.4. The van der Waals surface area contributed by atoms with E-state index in [1.165, 1.54) is 41.2 Å². The molecule has 0 spiro atoms. The number of ether oxygens (including phenoxy) is 2. The van der Waals surface area contributed by atoms with Crippen molar-refractivity contribution in [3.63, 3.8) is 0 Å². The molecule has 0 saturated heterocycles. The average molecular weight is 571 g/mol. The van der Waals surface area contributed by atoms with Crippen molar-refractivity contribution in [2.75, 3.05) is 11.9 Å². The van der Waals surface area contributed by atoms with Crippen LogP contribution < -0.4 is 10.1 Å². The topological polar surface area (TPSA) is 95.3 Å². The molecule has 10 heteroatoms.